The van der Waals surface area contributed by atoms with Crippen LogP contribution in [0.15, 0.2) is 42.5 Å². The van der Waals surface area contributed by atoms with E-state index in [2.05, 4.69) is 10.2 Å². The van der Waals surface area contributed by atoms with E-state index in [1.807, 2.05) is 54.1 Å². The van der Waals surface area contributed by atoms with E-state index in [1.54, 1.807) is 0 Å². The number of halogens is 2. The molecule has 3 aromatic rings. The van der Waals surface area contributed by atoms with Crippen molar-refractivity contribution >= 4 is 28.9 Å². The van der Waals surface area contributed by atoms with Crippen LogP contribution in [-0.2, 0) is 19.9 Å². The Morgan fingerprint density at radius 2 is 1.61 bits per heavy atom. The first-order valence-corrected chi connectivity index (χ1v) is 7.99. The summed E-state index contributed by atoms with van der Waals surface area (Å²) in [4.78, 5) is 0. The van der Waals surface area contributed by atoms with Gasteiger partial charge in [0.25, 0.3) is 0 Å². The molecule has 0 amide bonds. The molecule has 4 nitrogen and oxygen atoms in total. The first-order chi connectivity index (χ1) is 11.1. The van der Waals surface area contributed by atoms with Gasteiger partial charge < -0.3 is 10.3 Å². The van der Waals surface area contributed by atoms with E-state index in [-0.39, 0.29) is 0 Å². The molecule has 0 aliphatic rings. The van der Waals surface area contributed by atoms with E-state index < -0.39 is 0 Å². The van der Waals surface area contributed by atoms with Gasteiger partial charge in [-0.15, -0.1) is 10.2 Å². The van der Waals surface area contributed by atoms with Crippen LogP contribution in [0.25, 0.3) is 11.4 Å². The van der Waals surface area contributed by atoms with Crippen LogP contribution in [0.2, 0.25) is 10.0 Å². The number of nitrogens with zero attached hydrogens (tertiary/aromatic N) is 3. The Morgan fingerprint density at radius 3 is 2.26 bits per heavy atom. The second-order valence-electron chi connectivity index (χ2n) is 5.32. The molecule has 0 saturated carbocycles. The molecule has 0 saturated heterocycles. The topological polar surface area (TPSA) is 56.7 Å². The number of nitrogens with two attached hydrogens (primary N) is 1. The lowest BCUT2D eigenvalue weighted by Gasteiger charge is -2.07. The largest absolute Gasteiger partial charge is 0.399 e. The summed E-state index contributed by atoms with van der Waals surface area (Å²) in [7, 11) is 1.95. The fraction of sp³-hybridized carbons (Fsp3) is 0.176. The highest BCUT2D eigenvalue weighted by Crippen LogP contribution is 2.26. The monoisotopic (exact) mass is 346 g/mol. The van der Waals surface area contributed by atoms with E-state index in [4.69, 9.17) is 28.9 Å². The van der Waals surface area contributed by atoms with E-state index in [9.17, 15) is 0 Å². The van der Waals surface area contributed by atoms with Crippen LogP contribution in [0, 0.1) is 0 Å². The van der Waals surface area contributed by atoms with Crippen molar-refractivity contribution in [1.82, 2.24) is 14.8 Å². The average molecular weight is 347 g/mol. The second-order valence-corrected chi connectivity index (χ2v) is 6.14. The third-order valence-electron chi connectivity index (χ3n) is 3.79. The van der Waals surface area contributed by atoms with Gasteiger partial charge >= 0.3 is 0 Å². The molecule has 2 aromatic carbocycles. The van der Waals surface area contributed by atoms with Crippen molar-refractivity contribution < 1.29 is 0 Å². The highest BCUT2D eigenvalue weighted by molar-refractivity contribution is 6.35. The zero-order valence-corrected chi connectivity index (χ0v) is 14.1. The fourth-order valence-corrected chi connectivity index (χ4v) is 3.06. The number of hydrogen-bond acceptors (Lipinski definition) is 3. The number of aromatic nitrogens is 3. The lowest BCUT2D eigenvalue weighted by Crippen LogP contribution is -2.02. The van der Waals surface area contributed by atoms with Gasteiger partial charge in [0.2, 0.25) is 0 Å². The standard InChI is InChI=1S/C17H16Cl2N4/c1-23-16(10-9-13-14(18)3-2-4-15(13)19)21-22-17(23)11-5-7-12(20)8-6-11/h2-8H,9-10,20H2,1H3. The van der Waals surface area contributed by atoms with Crippen LogP contribution < -0.4 is 5.73 Å². The minimum Gasteiger partial charge on any atom is -0.399 e. The molecule has 1 aromatic heterocycles. The lowest BCUT2D eigenvalue weighted by atomic mass is 10.1. The molecule has 0 radical (unpaired) electrons. The zero-order valence-electron chi connectivity index (χ0n) is 12.6. The maximum absolute atomic E-state index is 6.21. The van der Waals surface area contributed by atoms with Gasteiger partial charge in [-0.2, -0.15) is 0 Å². The minimum atomic E-state index is 0.679. The highest BCUT2D eigenvalue weighted by atomic mass is 35.5. The van der Waals surface area contributed by atoms with Crippen LogP contribution in [0.5, 0.6) is 0 Å². The SMILES string of the molecule is Cn1c(CCc2c(Cl)cccc2Cl)nnc1-c1ccc(N)cc1. The molecule has 0 atom stereocenters. The van der Waals surface area contributed by atoms with Crippen molar-refractivity contribution in [3.63, 3.8) is 0 Å². The van der Waals surface area contributed by atoms with Crippen LogP contribution in [0.3, 0.4) is 0 Å². The molecule has 0 aliphatic carbocycles. The fourth-order valence-electron chi connectivity index (χ4n) is 2.47. The first kappa shape index (κ1) is 15.8. The summed E-state index contributed by atoms with van der Waals surface area (Å²) in [5.41, 5.74) is 8.37. The van der Waals surface area contributed by atoms with E-state index in [0.717, 1.165) is 28.5 Å². The van der Waals surface area contributed by atoms with E-state index >= 15 is 0 Å². The normalized spacial score (nSPS) is 10.9. The summed E-state index contributed by atoms with van der Waals surface area (Å²) in [6, 6.07) is 13.1. The summed E-state index contributed by atoms with van der Waals surface area (Å²) in [6.07, 6.45) is 1.42. The number of nitrogen functional groups attached to an aromatic ring is 1. The Bertz CT molecular complexity index is 805. The summed E-state index contributed by atoms with van der Waals surface area (Å²) >= 11 is 12.4. The van der Waals surface area contributed by atoms with Crippen molar-refractivity contribution in [2.45, 2.75) is 12.8 Å². The van der Waals surface area contributed by atoms with Crippen molar-refractivity contribution in [2.24, 2.45) is 7.05 Å². The van der Waals surface area contributed by atoms with Gasteiger partial charge in [0.1, 0.15) is 5.82 Å². The Kier molecular flexibility index (Phi) is 4.55. The molecule has 0 unspecified atom stereocenters. The summed E-state index contributed by atoms with van der Waals surface area (Å²) in [5.74, 6) is 1.69. The molecule has 0 bridgehead atoms. The van der Waals surface area contributed by atoms with Crippen LogP contribution in [-0.4, -0.2) is 14.8 Å². The van der Waals surface area contributed by atoms with Crippen LogP contribution in [0.4, 0.5) is 5.69 Å². The van der Waals surface area contributed by atoms with Crippen molar-refractivity contribution in [3.05, 3.63) is 63.9 Å². The van der Waals surface area contributed by atoms with E-state index in [1.165, 1.54) is 0 Å². The van der Waals surface area contributed by atoms with Gasteiger partial charge in [-0.05, 0) is 48.4 Å². The molecular formula is C17H16Cl2N4. The molecule has 6 heteroatoms. The van der Waals surface area contributed by atoms with Gasteiger partial charge in [0, 0.05) is 34.8 Å². The van der Waals surface area contributed by atoms with Crippen molar-refractivity contribution in [3.8, 4) is 11.4 Å². The van der Waals surface area contributed by atoms with E-state index in [0.29, 0.717) is 22.9 Å². The summed E-state index contributed by atoms with van der Waals surface area (Å²) in [6.45, 7) is 0. The summed E-state index contributed by atoms with van der Waals surface area (Å²) in [5, 5.41) is 9.92. The molecule has 3 rings (SSSR count). The van der Waals surface area contributed by atoms with Crippen LogP contribution in [0.1, 0.15) is 11.4 Å². The van der Waals surface area contributed by atoms with Crippen LogP contribution >= 0.6 is 23.2 Å². The quantitative estimate of drug-likeness (QED) is 0.721. The minimum absolute atomic E-state index is 0.679. The number of benzene rings is 2. The van der Waals surface area contributed by atoms with Crippen molar-refractivity contribution in [2.75, 3.05) is 5.73 Å². The second kappa shape index (κ2) is 6.60. The van der Waals surface area contributed by atoms with Gasteiger partial charge in [0.15, 0.2) is 5.82 Å². The van der Waals surface area contributed by atoms with Gasteiger partial charge in [-0.3, -0.25) is 0 Å². The van der Waals surface area contributed by atoms with Gasteiger partial charge in [0.05, 0.1) is 0 Å². The average Bonchev–Trinajstić information content (AvgIpc) is 2.89. The molecule has 118 valence electrons. The molecule has 23 heavy (non-hydrogen) atoms. The number of hydrogen-bond donors (Lipinski definition) is 1. The molecule has 1 heterocycles. The van der Waals surface area contributed by atoms with Gasteiger partial charge in [-0.25, -0.2) is 0 Å². The molecule has 0 fully saturated rings. The first-order valence-electron chi connectivity index (χ1n) is 7.23. The number of aryl methyl sites for hydroxylation is 1. The maximum Gasteiger partial charge on any atom is 0.163 e. The predicted molar refractivity (Wildman–Crippen MR) is 94.7 cm³/mol. The van der Waals surface area contributed by atoms with Crippen molar-refractivity contribution in [1.29, 1.82) is 0 Å². The Labute approximate surface area is 144 Å². The Hall–Kier alpha value is -2.04. The molecule has 0 aliphatic heterocycles. The third-order valence-corrected chi connectivity index (χ3v) is 4.50. The van der Waals surface area contributed by atoms with Gasteiger partial charge in [-0.1, -0.05) is 29.3 Å². The zero-order chi connectivity index (χ0) is 16.4. The summed E-state index contributed by atoms with van der Waals surface area (Å²) < 4.78 is 1.98. The lowest BCUT2D eigenvalue weighted by molar-refractivity contribution is 0.773. The maximum atomic E-state index is 6.21. The number of rotatable bonds is 4. The Morgan fingerprint density at radius 1 is 0.957 bits per heavy atom. The highest BCUT2D eigenvalue weighted by Gasteiger charge is 2.12. The smallest absolute Gasteiger partial charge is 0.163 e. The number of anilines is 1. The third kappa shape index (κ3) is 3.33. The predicted octanol–water partition coefficient (Wildman–Crippen LogP) is 4.16. The Balaban J connectivity index is 1.81. The molecule has 0 spiro atoms. The molecular weight excluding hydrogens is 331 g/mol. The molecule has 2 N–H and O–H groups in total.